The van der Waals surface area contributed by atoms with E-state index in [4.69, 9.17) is 9.90 Å². The van der Waals surface area contributed by atoms with E-state index in [1.165, 1.54) is 18.9 Å². The van der Waals surface area contributed by atoms with E-state index in [-0.39, 0.29) is 5.91 Å². The molecule has 0 aromatic carbocycles. The maximum Gasteiger partial charge on any atom is 0.490 e. The first kappa shape index (κ1) is 17.5. The van der Waals surface area contributed by atoms with Crippen LogP contribution in [0.25, 0.3) is 0 Å². The number of piperidine rings is 1. The molecule has 120 valence electrons. The molecular weight excluding hydrogens is 289 g/mol. The lowest BCUT2D eigenvalue weighted by molar-refractivity contribution is -0.192. The number of carboxylic acid groups (broad SMARTS) is 1. The van der Waals surface area contributed by atoms with Crippen molar-refractivity contribution >= 4 is 11.9 Å². The number of aliphatic carboxylic acids is 1. The zero-order valence-electron chi connectivity index (χ0n) is 11.7. The molecule has 0 bridgehead atoms. The zero-order chi connectivity index (χ0) is 16.3. The van der Waals surface area contributed by atoms with Gasteiger partial charge in [-0.25, -0.2) is 4.79 Å². The maximum atomic E-state index is 11.4. The summed E-state index contributed by atoms with van der Waals surface area (Å²) in [7, 11) is 0. The molecule has 0 aromatic rings. The van der Waals surface area contributed by atoms with Gasteiger partial charge in [-0.15, -0.1) is 0 Å². The Labute approximate surface area is 120 Å². The van der Waals surface area contributed by atoms with E-state index in [0.717, 1.165) is 19.6 Å². The van der Waals surface area contributed by atoms with Gasteiger partial charge in [-0.1, -0.05) is 6.58 Å². The number of halogens is 3. The predicted molar refractivity (Wildman–Crippen MR) is 69.6 cm³/mol. The van der Waals surface area contributed by atoms with Crippen molar-refractivity contribution in [3.63, 3.8) is 0 Å². The first-order valence-electron chi connectivity index (χ1n) is 6.58. The minimum atomic E-state index is -5.08. The van der Waals surface area contributed by atoms with Gasteiger partial charge in [-0.2, -0.15) is 13.2 Å². The van der Waals surface area contributed by atoms with Crippen molar-refractivity contribution in [2.75, 3.05) is 19.6 Å². The van der Waals surface area contributed by atoms with Crippen LogP contribution >= 0.6 is 0 Å². The van der Waals surface area contributed by atoms with Crippen LogP contribution in [0.2, 0.25) is 0 Å². The van der Waals surface area contributed by atoms with Crippen molar-refractivity contribution < 1.29 is 27.9 Å². The normalized spacial score (nSPS) is 23.6. The molecule has 5 nitrogen and oxygen atoms in total. The third-order valence-electron chi connectivity index (χ3n) is 4.14. The summed E-state index contributed by atoms with van der Waals surface area (Å²) in [4.78, 5) is 22.2. The van der Waals surface area contributed by atoms with E-state index in [2.05, 4.69) is 18.8 Å². The smallest absolute Gasteiger partial charge is 0.475 e. The van der Waals surface area contributed by atoms with Crippen LogP contribution in [0.4, 0.5) is 13.2 Å². The molecular formula is C13H19F3N2O3. The number of carbonyl (C=O) groups is 2. The second kappa shape index (κ2) is 6.46. The summed E-state index contributed by atoms with van der Waals surface area (Å²) in [5, 5.41) is 10.5. The lowest BCUT2D eigenvalue weighted by Crippen LogP contribution is -2.67. The van der Waals surface area contributed by atoms with Crippen LogP contribution in [0.5, 0.6) is 0 Å². The van der Waals surface area contributed by atoms with Crippen LogP contribution in [0, 0.1) is 5.41 Å². The monoisotopic (exact) mass is 308 g/mol. The largest absolute Gasteiger partial charge is 0.490 e. The van der Waals surface area contributed by atoms with Crippen LogP contribution in [-0.4, -0.2) is 53.7 Å². The summed E-state index contributed by atoms with van der Waals surface area (Å²) in [6, 6.07) is 0.398. The first-order valence-corrected chi connectivity index (χ1v) is 6.58. The van der Waals surface area contributed by atoms with Gasteiger partial charge in [0, 0.05) is 18.0 Å². The Morgan fingerprint density at radius 3 is 2.19 bits per heavy atom. The highest BCUT2D eigenvalue weighted by molar-refractivity contribution is 5.88. The highest BCUT2D eigenvalue weighted by atomic mass is 19.4. The number of carbonyl (C=O) groups excluding carboxylic acids is 1. The Balaban J connectivity index is 0.000000270. The van der Waals surface area contributed by atoms with Crippen LogP contribution in [0.3, 0.4) is 0 Å². The van der Waals surface area contributed by atoms with E-state index in [9.17, 15) is 18.0 Å². The number of nitrogens with one attached hydrogen (secondary N) is 1. The fraction of sp³-hybridized carbons (Fsp3) is 0.692. The second-order valence-electron chi connectivity index (χ2n) is 5.26. The van der Waals surface area contributed by atoms with Gasteiger partial charge in [0.2, 0.25) is 5.91 Å². The van der Waals surface area contributed by atoms with Gasteiger partial charge in [0.1, 0.15) is 0 Å². The Morgan fingerprint density at radius 2 is 1.86 bits per heavy atom. The Morgan fingerprint density at radius 1 is 1.38 bits per heavy atom. The van der Waals surface area contributed by atoms with Gasteiger partial charge >= 0.3 is 12.1 Å². The number of rotatable bonds is 1. The van der Waals surface area contributed by atoms with E-state index in [0.29, 0.717) is 11.5 Å². The minimum absolute atomic E-state index is 0.0849. The molecule has 21 heavy (non-hydrogen) atoms. The van der Waals surface area contributed by atoms with Crippen molar-refractivity contribution in [2.45, 2.75) is 32.0 Å². The quantitative estimate of drug-likeness (QED) is 0.719. The van der Waals surface area contributed by atoms with Crippen molar-refractivity contribution in [2.24, 2.45) is 5.41 Å². The number of hydrogen-bond acceptors (Lipinski definition) is 3. The average molecular weight is 308 g/mol. The van der Waals surface area contributed by atoms with Gasteiger partial charge in [0.25, 0.3) is 0 Å². The van der Waals surface area contributed by atoms with Crippen LogP contribution in [0.15, 0.2) is 12.7 Å². The van der Waals surface area contributed by atoms with Crippen LogP contribution in [0.1, 0.15) is 19.8 Å². The average Bonchev–Trinajstić information content (AvgIpc) is 2.44. The summed E-state index contributed by atoms with van der Waals surface area (Å²) in [6.45, 7) is 8.82. The molecule has 0 aromatic heterocycles. The number of carboxylic acids is 1. The highest BCUT2D eigenvalue weighted by Crippen LogP contribution is 2.44. The van der Waals surface area contributed by atoms with E-state index >= 15 is 0 Å². The molecule has 2 fully saturated rings. The van der Waals surface area contributed by atoms with Gasteiger partial charge in [-0.05, 0) is 38.9 Å². The Bertz CT molecular complexity index is 417. The molecule has 2 rings (SSSR count). The fourth-order valence-electron chi connectivity index (χ4n) is 2.71. The van der Waals surface area contributed by atoms with Crippen molar-refractivity contribution in [3.8, 4) is 0 Å². The van der Waals surface area contributed by atoms with Crippen molar-refractivity contribution in [3.05, 3.63) is 12.7 Å². The molecule has 0 aliphatic carbocycles. The molecule has 2 heterocycles. The SMILES string of the molecule is C=CC(=O)N1CC2(CCNCC2)[C@H]1C.O=C(O)C(F)(F)F. The molecule has 8 heteroatoms. The number of nitrogens with zero attached hydrogens (tertiary/aromatic N) is 1. The summed E-state index contributed by atoms with van der Waals surface area (Å²) in [6.07, 6.45) is -1.26. The molecule has 2 aliphatic rings. The summed E-state index contributed by atoms with van der Waals surface area (Å²) < 4.78 is 31.7. The van der Waals surface area contributed by atoms with Crippen molar-refractivity contribution in [1.82, 2.24) is 10.2 Å². The fourth-order valence-corrected chi connectivity index (χ4v) is 2.71. The van der Waals surface area contributed by atoms with E-state index < -0.39 is 12.1 Å². The number of likely N-dealkylation sites (tertiary alicyclic amines) is 1. The number of hydrogen-bond donors (Lipinski definition) is 2. The molecule has 2 saturated heterocycles. The standard InChI is InChI=1S/C11H18N2O.C2HF3O2/c1-3-10(14)13-8-11(9(13)2)4-6-12-7-5-11;3-2(4,5)1(6)7/h3,9,12H,1,4-8H2,2H3;(H,6,7)/t9-;/m1./s1. The zero-order valence-corrected chi connectivity index (χ0v) is 11.7. The number of alkyl halides is 3. The highest BCUT2D eigenvalue weighted by Gasteiger charge is 2.51. The van der Waals surface area contributed by atoms with Crippen LogP contribution in [-0.2, 0) is 9.59 Å². The first-order chi connectivity index (χ1) is 9.64. The third kappa shape index (κ3) is 3.96. The lowest BCUT2D eigenvalue weighted by atomic mass is 9.66. The maximum absolute atomic E-state index is 11.4. The molecule has 0 radical (unpaired) electrons. The lowest BCUT2D eigenvalue weighted by Gasteiger charge is -2.58. The molecule has 0 saturated carbocycles. The van der Waals surface area contributed by atoms with E-state index in [1.54, 1.807) is 0 Å². The third-order valence-corrected chi connectivity index (χ3v) is 4.14. The summed E-state index contributed by atoms with van der Waals surface area (Å²) in [5.74, 6) is -2.67. The topological polar surface area (TPSA) is 69.6 Å². The van der Waals surface area contributed by atoms with Gasteiger partial charge in [0.15, 0.2) is 0 Å². The predicted octanol–water partition coefficient (Wildman–Crippen LogP) is 1.41. The number of amides is 1. The molecule has 0 unspecified atom stereocenters. The second-order valence-corrected chi connectivity index (χ2v) is 5.26. The molecule has 2 aliphatic heterocycles. The summed E-state index contributed by atoms with van der Waals surface area (Å²) >= 11 is 0. The van der Waals surface area contributed by atoms with Crippen LogP contribution < -0.4 is 5.32 Å². The minimum Gasteiger partial charge on any atom is -0.475 e. The van der Waals surface area contributed by atoms with E-state index in [1.807, 2.05) is 4.90 Å². The van der Waals surface area contributed by atoms with Crippen molar-refractivity contribution in [1.29, 1.82) is 0 Å². The van der Waals surface area contributed by atoms with Gasteiger partial charge in [0.05, 0.1) is 0 Å². The summed E-state index contributed by atoms with van der Waals surface area (Å²) in [5.41, 5.74) is 0.407. The Kier molecular flexibility index (Phi) is 5.38. The molecule has 1 spiro atoms. The van der Waals surface area contributed by atoms with Gasteiger partial charge in [-0.3, -0.25) is 4.79 Å². The van der Waals surface area contributed by atoms with Gasteiger partial charge < -0.3 is 15.3 Å². The molecule has 1 atom stereocenters. The molecule has 2 N–H and O–H groups in total. The Hall–Kier alpha value is -1.57. The molecule has 1 amide bonds.